The van der Waals surface area contributed by atoms with Crippen LogP contribution in [0.25, 0.3) is 0 Å². The fourth-order valence-corrected chi connectivity index (χ4v) is 4.13. The summed E-state index contributed by atoms with van der Waals surface area (Å²) in [5.74, 6) is 0.474. The molecule has 0 aromatic heterocycles. The Morgan fingerprint density at radius 2 is 1.69 bits per heavy atom. The van der Waals surface area contributed by atoms with Crippen molar-refractivity contribution in [2.45, 2.75) is 24.8 Å². The predicted molar refractivity (Wildman–Crippen MR) is 102 cm³/mol. The van der Waals surface area contributed by atoms with Crippen LogP contribution in [0, 0.1) is 0 Å². The zero-order valence-electron chi connectivity index (χ0n) is 14.9. The number of hydrogen-bond acceptors (Lipinski definition) is 4. The summed E-state index contributed by atoms with van der Waals surface area (Å²) in [4.78, 5) is 17.3. The molecular weight excluding hydrogens is 326 g/mol. The van der Waals surface area contributed by atoms with E-state index in [1.54, 1.807) is 12.1 Å². The number of benzene rings is 2. The maximum absolute atomic E-state index is 12.7. The maximum atomic E-state index is 12.7. The van der Waals surface area contributed by atoms with Crippen LogP contribution in [0.5, 0.6) is 5.75 Å². The lowest BCUT2D eigenvalue weighted by Gasteiger charge is -2.43. The van der Waals surface area contributed by atoms with Crippen molar-refractivity contribution in [1.82, 2.24) is 10.2 Å². The summed E-state index contributed by atoms with van der Waals surface area (Å²) in [5.41, 5.74) is 1.94. The number of phenols is 1. The van der Waals surface area contributed by atoms with Gasteiger partial charge in [0.2, 0.25) is 5.91 Å². The SMILES string of the molecule is O=C1NCN(c2ccccc2)C12CCN(CCc1ccc(O)cc1)CC2. The van der Waals surface area contributed by atoms with Crippen LogP contribution in [-0.2, 0) is 11.2 Å². The van der Waals surface area contributed by atoms with Crippen molar-refractivity contribution in [3.05, 3.63) is 60.2 Å². The summed E-state index contributed by atoms with van der Waals surface area (Å²) < 4.78 is 0. The molecule has 136 valence electrons. The molecule has 1 spiro atoms. The first-order valence-electron chi connectivity index (χ1n) is 9.29. The van der Waals surface area contributed by atoms with E-state index in [0.29, 0.717) is 12.4 Å². The van der Waals surface area contributed by atoms with Crippen LogP contribution in [0.4, 0.5) is 5.69 Å². The predicted octanol–water partition coefficient (Wildman–Crippen LogP) is 2.36. The van der Waals surface area contributed by atoms with Crippen molar-refractivity contribution in [1.29, 1.82) is 0 Å². The molecule has 2 aliphatic heterocycles. The van der Waals surface area contributed by atoms with Crippen molar-refractivity contribution in [2.75, 3.05) is 31.2 Å². The van der Waals surface area contributed by atoms with Gasteiger partial charge in [-0.2, -0.15) is 0 Å². The minimum atomic E-state index is -0.406. The summed E-state index contributed by atoms with van der Waals surface area (Å²) >= 11 is 0. The second kappa shape index (κ2) is 7.00. The number of hydrogen-bond donors (Lipinski definition) is 2. The lowest BCUT2D eigenvalue weighted by Crippen LogP contribution is -2.56. The van der Waals surface area contributed by atoms with Gasteiger partial charge in [-0.25, -0.2) is 0 Å². The number of carbonyl (C=O) groups excluding carboxylic acids is 1. The van der Waals surface area contributed by atoms with Crippen LogP contribution >= 0.6 is 0 Å². The molecule has 0 saturated carbocycles. The van der Waals surface area contributed by atoms with E-state index in [0.717, 1.165) is 44.6 Å². The molecule has 2 aromatic carbocycles. The average Bonchev–Trinajstić information content (AvgIpc) is 2.99. The van der Waals surface area contributed by atoms with Gasteiger partial charge in [0.05, 0.1) is 6.67 Å². The van der Waals surface area contributed by atoms with Crippen LogP contribution in [-0.4, -0.2) is 47.8 Å². The van der Waals surface area contributed by atoms with E-state index in [2.05, 4.69) is 27.2 Å². The first kappa shape index (κ1) is 16.9. The molecule has 0 atom stereocenters. The van der Waals surface area contributed by atoms with Crippen molar-refractivity contribution in [3.63, 3.8) is 0 Å². The third-order valence-electron chi connectivity index (χ3n) is 5.74. The molecule has 5 nitrogen and oxygen atoms in total. The Kier molecular flexibility index (Phi) is 4.55. The largest absolute Gasteiger partial charge is 0.508 e. The Morgan fingerprint density at radius 3 is 2.38 bits per heavy atom. The van der Waals surface area contributed by atoms with E-state index in [1.807, 2.05) is 30.3 Å². The molecule has 0 radical (unpaired) electrons. The smallest absolute Gasteiger partial charge is 0.247 e. The van der Waals surface area contributed by atoms with E-state index < -0.39 is 5.54 Å². The second-order valence-corrected chi connectivity index (χ2v) is 7.22. The molecular formula is C21H25N3O2. The van der Waals surface area contributed by atoms with Gasteiger partial charge in [0.25, 0.3) is 0 Å². The molecule has 0 unspecified atom stereocenters. The van der Waals surface area contributed by atoms with E-state index in [1.165, 1.54) is 5.56 Å². The molecule has 0 aliphatic carbocycles. The van der Waals surface area contributed by atoms with Crippen molar-refractivity contribution in [3.8, 4) is 5.75 Å². The molecule has 4 rings (SSSR count). The third-order valence-corrected chi connectivity index (χ3v) is 5.74. The molecule has 26 heavy (non-hydrogen) atoms. The topological polar surface area (TPSA) is 55.8 Å². The number of anilines is 1. The van der Waals surface area contributed by atoms with Crippen LogP contribution in [0.3, 0.4) is 0 Å². The minimum absolute atomic E-state index is 0.166. The Balaban J connectivity index is 1.39. The van der Waals surface area contributed by atoms with Crippen LogP contribution in [0.2, 0.25) is 0 Å². The minimum Gasteiger partial charge on any atom is -0.508 e. The number of piperidine rings is 1. The number of rotatable bonds is 4. The quantitative estimate of drug-likeness (QED) is 0.888. The monoisotopic (exact) mass is 351 g/mol. The Bertz CT molecular complexity index is 753. The number of nitrogens with one attached hydrogen (secondary N) is 1. The van der Waals surface area contributed by atoms with Crippen LogP contribution in [0.15, 0.2) is 54.6 Å². The van der Waals surface area contributed by atoms with E-state index in [9.17, 15) is 9.90 Å². The Morgan fingerprint density at radius 1 is 1.00 bits per heavy atom. The van der Waals surface area contributed by atoms with Gasteiger partial charge in [-0.3, -0.25) is 4.79 Å². The van der Waals surface area contributed by atoms with Gasteiger partial charge in [-0.05, 0) is 49.1 Å². The normalized spacial score (nSPS) is 19.7. The highest BCUT2D eigenvalue weighted by molar-refractivity contribution is 5.93. The van der Waals surface area contributed by atoms with Gasteiger partial charge in [-0.15, -0.1) is 0 Å². The van der Waals surface area contributed by atoms with Crippen molar-refractivity contribution < 1.29 is 9.90 Å². The number of carbonyl (C=O) groups is 1. The van der Waals surface area contributed by atoms with Gasteiger partial charge in [0.1, 0.15) is 11.3 Å². The van der Waals surface area contributed by atoms with Gasteiger partial charge in [0.15, 0.2) is 0 Å². The third kappa shape index (κ3) is 3.15. The number of para-hydroxylation sites is 1. The van der Waals surface area contributed by atoms with Gasteiger partial charge >= 0.3 is 0 Å². The molecule has 2 N–H and O–H groups in total. The van der Waals surface area contributed by atoms with Crippen molar-refractivity contribution in [2.24, 2.45) is 0 Å². The van der Waals surface area contributed by atoms with E-state index in [4.69, 9.17) is 0 Å². The Hall–Kier alpha value is -2.53. The molecule has 1 amide bonds. The second-order valence-electron chi connectivity index (χ2n) is 7.22. The molecule has 2 saturated heterocycles. The first-order valence-corrected chi connectivity index (χ1v) is 9.29. The molecule has 2 aromatic rings. The van der Waals surface area contributed by atoms with Gasteiger partial charge in [0, 0.05) is 25.3 Å². The highest BCUT2D eigenvalue weighted by Gasteiger charge is 2.50. The van der Waals surface area contributed by atoms with Crippen LogP contribution < -0.4 is 10.2 Å². The zero-order valence-corrected chi connectivity index (χ0v) is 14.9. The molecule has 5 heteroatoms. The highest BCUT2D eigenvalue weighted by Crippen LogP contribution is 2.36. The molecule has 2 heterocycles. The Labute approximate surface area is 154 Å². The molecule has 0 bridgehead atoms. The number of nitrogens with zero attached hydrogens (tertiary/aromatic N) is 2. The number of phenolic OH excluding ortho intramolecular Hbond substituents is 1. The lowest BCUT2D eigenvalue weighted by atomic mass is 9.85. The first-order chi connectivity index (χ1) is 12.7. The lowest BCUT2D eigenvalue weighted by molar-refractivity contribution is -0.125. The zero-order chi connectivity index (χ0) is 18.0. The van der Waals surface area contributed by atoms with Crippen LogP contribution in [0.1, 0.15) is 18.4 Å². The number of likely N-dealkylation sites (tertiary alicyclic amines) is 1. The van der Waals surface area contributed by atoms with Crippen molar-refractivity contribution >= 4 is 11.6 Å². The van der Waals surface area contributed by atoms with Gasteiger partial charge < -0.3 is 20.2 Å². The summed E-state index contributed by atoms with van der Waals surface area (Å²) in [6.45, 7) is 3.42. The number of aromatic hydroxyl groups is 1. The van der Waals surface area contributed by atoms with E-state index >= 15 is 0 Å². The fourth-order valence-electron chi connectivity index (χ4n) is 4.13. The standard InChI is InChI=1S/C21H25N3O2/c25-19-8-6-17(7-9-19)10-13-23-14-11-21(12-15-23)20(26)22-16-24(21)18-4-2-1-3-5-18/h1-9,25H,10-16H2,(H,22,26). The summed E-state index contributed by atoms with van der Waals surface area (Å²) in [6, 6.07) is 17.6. The summed E-state index contributed by atoms with van der Waals surface area (Å²) in [7, 11) is 0. The molecule has 2 aliphatic rings. The average molecular weight is 351 g/mol. The maximum Gasteiger partial charge on any atom is 0.247 e. The molecule has 2 fully saturated rings. The fraction of sp³-hybridized carbons (Fsp3) is 0.381. The summed E-state index contributed by atoms with van der Waals surface area (Å²) in [6.07, 6.45) is 2.66. The van der Waals surface area contributed by atoms with E-state index in [-0.39, 0.29) is 5.91 Å². The number of amides is 1. The summed E-state index contributed by atoms with van der Waals surface area (Å²) in [5, 5.41) is 12.4. The highest BCUT2D eigenvalue weighted by atomic mass is 16.3. The van der Waals surface area contributed by atoms with Gasteiger partial charge in [-0.1, -0.05) is 30.3 Å².